The minimum absolute atomic E-state index is 0.0205. The zero-order chi connectivity index (χ0) is 23.8. The largest absolute Gasteiger partial charge is 0.416 e. The number of benzene rings is 2. The van der Waals surface area contributed by atoms with Crippen LogP contribution in [0.5, 0.6) is 0 Å². The standard InChI is InChI=1S/C21H15ClF3N5O3/c22-11-4-6-12(7-5-11)26-18(32)14-9-15(31)28-17-16(14)19(33)30-20(29-17)27-13-3-1-2-10(8-13)21(23,24)25/h1-8,14H,9H2,(H,26,32)(H3,27,28,29,30,31,33)/t14-/m1/s1. The summed E-state index contributed by atoms with van der Waals surface area (Å²) >= 11 is 5.83. The molecule has 1 aliphatic rings. The Bertz CT molecular complexity index is 1290. The number of hydrogen-bond donors (Lipinski definition) is 4. The topological polar surface area (TPSA) is 116 Å². The summed E-state index contributed by atoms with van der Waals surface area (Å²) < 4.78 is 38.8. The van der Waals surface area contributed by atoms with Crippen LogP contribution in [-0.4, -0.2) is 21.8 Å². The molecule has 0 fully saturated rings. The molecule has 4 rings (SSSR count). The number of amides is 2. The number of H-pyrrole nitrogens is 1. The van der Waals surface area contributed by atoms with Gasteiger partial charge in [-0.15, -0.1) is 0 Å². The zero-order valence-electron chi connectivity index (χ0n) is 16.6. The van der Waals surface area contributed by atoms with Gasteiger partial charge in [0.05, 0.1) is 17.0 Å². The summed E-state index contributed by atoms with van der Waals surface area (Å²) in [6, 6.07) is 10.6. The SMILES string of the molecule is O=C1C[C@@H](C(=O)Nc2ccc(Cl)cc2)c2c(nc(Nc3cccc(C(F)(F)F)c3)[nH]c2=O)N1. The maximum absolute atomic E-state index is 12.9. The average molecular weight is 478 g/mol. The van der Waals surface area contributed by atoms with Crippen LogP contribution in [-0.2, 0) is 15.8 Å². The number of carbonyl (C=O) groups excluding carboxylic acids is 2. The Hall–Kier alpha value is -3.86. The van der Waals surface area contributed by atoms with Crippen LogP contribution in [0, 0.1) is 0 Å². The molecule has 1 aromatic heterocycles. The molecule has 2 heterocycles. The first-order chi connectivity index (χ1) is 15.6. The summed E-state index contributed by atoms with van der Waals surface area (Å²) in [5, 5.41) is 8.10. The number of hydrogen-bond acceptors (Lipinski definition) is 5. The van der Waals surface area contributed by atoms with E-state index in [2.05, 4.69) is 25.9 Å². The van der Waals surface area contributed by atoms with E-state index in [-0.39, 0.29) is 29.4 Å². The first-order valence-corrected chi connectivity index (χ1v) is 9.93. The van der Waals surface area contributed by atoms with Crippen molar-refractivity contribution >= 4 is 46.6 Å². The molecular formula is C21H15ClF3N5O3. The van der Waals surface area contributed by atoms with Crippen molar-refractivity contribution in [3.8, 4) is 0 Å². The molecule has 0 radical (unpaired) electrons. The lowest BCUT2D eigenvalue weighted by molar-refractivity contribution is -0.137. The Kier molecular flexibility index (Phi) is 5.81. The molecule has 12 heteroatoms. The van der Waals surface area contributed by atoms with Crippen molar-refractivity contribution in [3.63, 3.8) is 0 Å². The molecule has 3 aromatic rings. The third kappa shape index (κ3) is 4.98. The number of aromatic amines is 1. The van der Waals surface area contributed by atoms with Gasteiger partial charge in [-0.2, -0.15) is 18.2 Å². The van der Waals surface area contributed by atoms with E-state index in [0.717, 1.165) is 12.1 Å². The number of carbonyl (C=O) groups is 2. The molecule has 0 spiro atoms. The molecule has 0 saturated carbocycles. The second-order valence-corrected chi connectivity index (χ2v) is 7.62. The lowest BCUT2D eigenvalue weighted by Gasteiger charge is -2.23. The second kappa shape index (κ2) is 8.58. The summed E-state index contributed by atoms with van der Waals surface area (Å²) in [6.07, 6.45) is -4.83. The molecule has 2 amide bonds. The zero-order valence-corrected chi connectivity index (χ0v) is 17.3. The Labute approximate surface area is 189 Å². The minimum atomic E-state index is -4.55. The van der Waals surface area contributed by atoms with Gasteiger partial charge in [-0.25, -0.2) is 0 Å². The average Bonchev–Trinajstić information content (AvgIpc) is 2.74. The van der Waals surface area contributed by atoms with E-state index in [9.17, 15) is 27.6 Å². The van der Waals surface area contributed by atoms with E-state index in [0.29, 0.717) is 10.7 Å². The third-order valence-corrected chi connectivity index (χ3v) is 5.08. The van der Waals surface area contributed by atoms with Crippen molar-refractivity contribution in [1.29, 1.82) is 0 Å². The maximum Gasteiger partial charge on any atom is 0.416 e. The van der Waals surface area contributed by atoms with Crippen LogP contribution in [0.2, 0.25) is 5.02 Å². The number of fused-ring (bicyclic) bond motifs is 1. The first kappa shape index (κ1) is 22.3. The Balaban J connectivity index is 1.62. The Morgan fingerprint density at radius 2 is 1.82 bits per heavy atom. The van der Waals surface area contributed by atoms with Crippen LogP contribution in [0.15, 0.2) is 53.3 Å². The van der Waals surface area contributed by atoms with E-state index < -0.39 is 35.0 Å². The van der Waals surface area contributed by atoms with Crippen molar-refractivity contribution in [1.82, 2.24) is 9.97 Å². The highest BCUT2D eigenvalue weighted by molar-refractivity contribution is 6.30. The van der Waals surface area contributed by atoms with Crippen LogP contribution in [0.25, 0.3) is 0 Å². The van der Waals surface area contributed by atoms with Crippen LogP contribution >= 0.6 is 11.6 Å². The number of nitrogens with zero attached hydrogens (tertiary/aromatic N) is 1. The Morgan fingerprint density at radius 3 is 2.52 bits per heavy atom. The number of nitrogens with one attached hydrogen (secondary N) is 4. The van der Waals surface area contributed by atoms with E-state index in [1.54, 1.807) is 24.3 Å². The van der Waals surface area contributed by atoms with Gasteiger partial charge in [0.15, 0.2) is 0 Å². The van der Waals surface area contributed by atoms with E-state index >= 15 is 0 Å². The summed E-state index contributed by atoms with van der Waals surface area (Å²) in [5.41, 5.74) is -1.22. The molecule has 0 bridgehead atoms. The van der Waals surface area contributed by atoms with Gasteiger partial charge in [0.25, 0.3) is 5.56 Å². The van der Waals surface area contributed by atoms with Crippen LogP contribution in [0.3, 0.4) is 0 Å². The fourth-order valence-corrected chi connectivity index (χ4v) is 3.45. The highest BCUT2D eigenvalue weighted by atomic mass is 35.5. The van der Waals surface area contributed by atoms with Crippen molar-refractivity contribution in [2.75, 3.05) is 16.0 Å². The molecule has 0 saturated heterocycles. The molecule has 0 aliphatic carbocycles. The van der Waals surface area contributed by atoms with Gasteiger partial charge >= 0.3 is 6.18 Å². The lowest BCUT2D eigenvalue weighted by atomic mass is 9.92. The summed E-state index contributed by atoms with van der Waals surface area (Å²) in [7, 11) is 0. The molecule has 2 aromatic carbocycles. The third-order valence-electron chi connectivity index (χ3n) is 4.83. The van der Waals surface area contributed by atoms with Crippen molar-refractivity contribution < 1.29 is 22.8 Å². The molecule has 1 atom stereocenters. The van der Waals surface area contributed by atoms with Gasteiger partial charge in [-0.1, -0.05) is 17.7 Å². The molecule has 170 valence electrons. The van der Waals surface area contributed by atoms with Crippen molar-refractivity contribution in [2.45, 2.75) is 18.5 Å². The monoisotopic (exact) mass is 477 g/mol. The molecular weight excluding hydrogens is 463 g/mol. The first-order valence-electron chi connectivity index (χ1n) is 9.55. The fraction of sp³-hybridized carbons (Fsp3) is 0.143. The maximum atomic E-state index is 12.9. The van der Waals surface area contributed by atoms with Crippen LogP contribution in [0.1, 0.15) is 23.5 Å². The molecule has 0 unspecified atom stereocenters. The number of halogens is 4. The lowest BCUT2D eigenvalue weighted by Crippen LogP contribution is -2.36. The van der Waals surface area contributed by atoms with Crippen LogP contribution < -0.4 is 21.5 Å². The van der Waals surface area contributed by atoms with Gasteiger partial charge in [0.2, 0.25) is 17.8 Å². The van der Waals surface area contributed by atoms with Crippen molar-refractivity contribution in [3.05, 3.63) is 75.0 Å². The minimum Gasteiger partial charge on any atom is -0.326 e. The van der Waals surface area contributed by atoms with Gasteiger partial charge in [0, 0.05) is 22.8 Å². The van der Waals surface area contributed by atoms with Gasteiger partial charge < -0.3 is 16.0 Å². The molecule has 8 nitrogen and oxygen atoms in total. The fourth-order valence-electron chi connectivity index (χ4n) is 3.33. The van der Waals surface area contributed by atoms with E-state index in [4.69, 9.17) is 11.6 Å². The number of aromatic nitrogens is 2. The highest BCUT2D eigenvalue weighted by Gasteiger charge is 2.35. The van der Waals surface area contributed by atoms with E-state index in [1.807, 2.05) is 0 Å². The predicted octanol–water partition coefficient (Wildman–Crippen LogP) is 4.25. The van der Waals surface area contributed by atoms with Crippen LogP contribution in [0.4, 0.5) is 36.3 Å². The summed E-state index contributed by atoms with van der Waals surface area (Å²) in [5.74, 6) is -2.61. The number of anilines is 4. The highest BCUT2D eigenvalue weighted by Crippen LogP contribution is 2.32. The molecule has 1 aliphatic heterocycles. The van der Waals surface area contributed by atoms with Gasteiger partial charge in [0.1, 0.15) is 5.82 Å². The molecule has 4 N–H and O–H groups in total. The normalized spacial score (nSPS) is 15.4. The van der Waals surface area contributed by atoms with Gasteiger partial charge in [-0.3, -0.25) is 19.4 Å². The second-order valence-electron chi connectivity index (χ2n) is 7.18. The Morgan fingerprint density at radius 1 is 1.09 bits per heavy atom. The van der Waals surface area contributed by atoms with Crippen molar-refractivity contribution in [2.24, 2.45) is 0 Å². The molecule has 33 heavy (non-hydrogen) atoms. The summed E-state index contributed by atoms with van der Waals surface area (Å²) in [6.45, 7) is 0. The smallest absolute Gasteiger partial charge is 0.326 e. The number of alkyl halides is 3. The number of rotatable bonds is 4. The quantitative estimate of drug-likeness (QED) is 0.448. The van der Waals surface area contributed by atoms with Gasteiger partial charge in [-0.05, 0) is 42.5 Å². The summed E-state index contributed by atoms with van der Waals surface area (Å²) in [4.78, 5) is 44.2. The predicted molar refractivity (Wildman–Crippen MR) is 116 cm³/mol. The van der Waals surface area contributed by atoms with E-state index in [1.165, 1.54) is 12.1 Å².